The van der Waals surface area contributed by atoms with Gasteiger partial charge in [-0.15, -0.1) is 0 Å². The maximum Gasteiger partial charge on any atom is 0.226 e. The van der Waals surface area contributed by atoms with Crippen LogP contribution in [0.5, 0.6) is 0 Å². The van der Waals surface area contributed by atoms with Crippen molar-refractivity contribution in [1.82, 2.24) is 4.90 Å². The van der Waals surface area contributed by atoms with Gasteiger partial charge in [-0.1, -0.05) is 49.6 Å². The molecule has 2 saturated carbocycles. The summed E-state index contributed by atoms with van der Waals surface area (Å²) in [6.07, 6.45) is 6.90. The largest absolute Gasteiger partial charge is 0.395 e. The molecule has 1 N–H and O–H groups in total. The van der Waals surface area contributed by atoms with Crippen molar-refractivity contribution in [1.29, 1.82) is 0 Å². The van der Waals surface area contributed by atoms with E-state index in [-0.39, 0.29) is 18.4 Å². The van der Waals surface area contributed by atoms with Crippen LogP contribution in [0.15, 0.2) is 30.3 Å². The van der Waals surface area contributed by atoms with Crippen molar-refractivity contribution >= 4 is 5.91 Å². The van der Waals surface area contributed by atoms with Gasteiger partial charge < -0.3 is 10.0 Å². The fraction of sp³-hybridized carbons (Fsp3) is 0.611. The molecule has 0 radical (unpaired) electrons. The molecule has 2 aliphatic rings. The van der Waals surface area contributed by atoms with Gasteiger partial charge in [0.25, 0.3) is 0 Å². The Bertz CT molecular complexity index is 467. The first-order valence-electron chi connectivity index (χ1n) is 8.27. The number of rotatable bonds is 5. The molecule has 1 aromatic carbocycles. The molecule has 0 bridgehead atoms. The smallest absolute Gasteiger partial charge is 0.226 e. The highest BCUT2D eigenvalue weighted by molar-refractivity contribution is 5.83. The second kappa shape index (κ2) is 6.61. The lowest BCUT2D eigenvalue weighted by molar-refractivity contribution is -0.136. The van der Waals surface area contributed by atoms with Crippen molar-refractivity contribution in [2.75, 3.05) is 13.2 Å². The second-order valence-corrected chi connectivity index (χ2v) is 6.41. The lowest BCUT2D eigenvalue weighted by Crippen LogP contribution is -2.44. The fourth-order valence-corrected chi connectivity index (χ4v) is 3.72. The highest BCUT2D eigenvalue weighted by Crippen LogP contribution is 2.48. The number of carbonyl (C=O) groups excluding carboxylic acids is 1. The summed E-state index contributed by atoms with van der Waals surface area (Å²) in [6.45, 7) is 0.576. The Balaban J connectivity index is 1.65. The Morgan fingerprint density at radius 1 is 1.14 bits per heavy atom. The van der Waals surface area contributed by atoms with E-state index in [1.165, 1.54) is 24.8 Å². The Labute approximate surface area is 127 Å². The first-order chi connectivity index (χ1) is 10.3. The predicted octanol–water partition coefficient (Wildman–Crippen LogP) is 2.94. The molecule has 2 atom stereocenters. The van der Waals surface area contributed by atoms with Crippen LogP contribution in [0.3, 0.4) is 0 Å². The Kier molecular flexibility index (Phi) is 4.59. The normalized spacial score (nSPS) is 25.6. The molecule has 2 aliphatic carbocycles. The molecule has 2 unspecified atom stereocenters. The lowest BCUT2D eigenvalue weighted by atomic mass is 9.93. The predicted molar refractivity (Wildman–Crippen MR) is 83.0 cm³/mol. The number of carbonyl (C=O) groups is 1. The number of aliphatic hydroxyl groups is 1. The first-order valence-corrected chi connectivity index (χ1v) is 8.27. The molecular weight excluding hydrogens is 262 g/mol. The van der Waals surface area contributed by atoms with Gasteiger partial charge in [0.05, 0.1) is 6.61 Å². The van der Waals surface area contributed by atoms with Crippen LogP contribution < -0.4 is 0 Å². The zero-order valence-electron chi connectivity index (χ0n) is 12.6. The number of benzene rings is 1. The van der Waals surface area contributed by atoms with Crippen molar-refractivity contribution in [3.63, 3.8) is 0 Å². The molecule has 3 nitrogen and oxygen atoms in total. The third kappa shape index (κ3) is 3.29. The molecular formula is C18H25NO2. The van der Waals surface area contributed by atoms with Gasteiger partial charge >= 0.3 is 0 Å². The Morgan fingerprint density at radius 3 is 2.52 bits per heavy atom. The van der Waals surface area contributed by atoms with E-state index in [0.29, 0.717) is 18.5 Å². The summed E-state index contributed by atoms with van der Waals surface area (Å²) < 4.78 is 0. The highest BCUT2D eigenvalue weighted by atomic mass is 16.3. The van der Waals surface area contributed by atoms with Gasteiger partial charge in [-0.3, -0.25) is 4.79 Å². The molecule has 3 heteroatoms. The van der Waals surface area contributed by atoms with E-state index >= 15 is 0 Å². The molecule has 2 fully saturated rings. The van der Waals surface area contributed by atoms with Crippen LogP contribution in [0, 0.1) is 5.92 Å². The van der Waals surface area contributed by atoms with E-state index < -0.39 is 0 Å². The number of aliphatic hydroxyl groups excluding tert-OH is 1. The number of nitrogens with zero attached hydrogens (tertiary/aromatic N) is 1. The summed E-state index contributed by atoms with van der Waals surface area (Å²) in [4.78, 5) is 14.8. The number of amides is 1. The molecule has 21 heavy (non-hydrogen) atoms. The van der Waals surface area contributed by atoms with Crippen molar-refractivity contribution in [2.45, 2.75) is 50.5 Å². The summed E-state index contributed by atoms with van der Waals surface area (Å²) in [6, 6.07) is 10.7. The minimum absolute atomic E-state index is 0.0744. The summed E-state index contributed by atoms with van der Waals surface area (Å²) in [5.74, 6) is 0.800. The second-order valence-electron chi connectivity index (χ2n) is 6.41. The monoisotopic (exact) mass is 287 g/mol. The Hall–Kier alpha value is -1.35. The Morgan fingerprint density at radius 2 is 1.86 bits per heavy atom. The van der Waals surface area contributed by atoms with Gasteiger partial charge in [0.15, 0.2) is 0 Å². The van der Waals surface area contributed by atoms with Gasteiger partial charge in [-0.25, -0.2) is 0 Å². The van der Waals surface area contributed by atoms with Crippen molar-refractivity contribution < 1.29 is 9.90 Å². The topological polar surface area (TPSA) is 40.5 Å². The average Bonchev–Trinajstić information content (AvgIpc) is 3.34. The van der Waals surface area contributed by atoms with E-state index in [2.05, 4.69) is 12.1 Å². The van der Waals surface area contributed by atoms with Gasteiger partial charge in [0.2, 0.25) is 5.91 Å². The third-order valence-electron chi connectivity index (χ3n) is 4.97. The van der Waals surface area contributed by atoms with Crippen LogP contribution in [0.1, 0.15) is 50.0 Å². The standard InChI is InChI=1S/C18H25NO2/c20-12-11-19(15-9-5-2-6-10-15)18(21)17-13-16(17)14-7-3-1-4-8-14/h1,3-4,7-8,15-17,20H,2,5-6,9-13H2. The summed E-state index contributed by atoms with van der Waals surface area (Å²) >= 11 is 0. The van der Waals surface area contributed by atoms with E-state index in [4.69, 9.17) is 0 Å². The van der Waals surface area contributed by atoms with Crippen LogP contribution in [-0.4, -0.2) is 35.1 Å². The quantitative estimate of drug-likeness (QED) is 0.904. The van der Waals surface area contributed by atoms with E-state index in [1.54, 1.807) is 0 Å². The summed E-state index contributed by atoms with van der Waals surface area (Å²) in [5.41, 5.74) is 1.28. The van der Waals surface area contributed by atoms with E-state index in [9.17, 15) is 9.90 Å². The van der Waals surface area contributed by atoms with Crippen LogP contribution in [0.25, 0.3) is 0 Å². The molecule has 0 aromatic heterocycles. The van der Waals surface area contributed by atoms with Crippen LogP contribution in [0.4, 0.5) is 0 Å². The molecule has 0 aliphatic heterocycles. The van der Waals surface area contributed by atoms with Gasteiger partial charge in [0.1, 0.15) is 0 Å². The summed E-state index contributed by atoms with van der Waals surface area (Å²) in [7, 11) is 0. The average molecular weight is 287 g/mol. The minimum atomic E-state index is 0.0744. The molecule has 0 heterocycles. The van der Waals surface area contributed by atoms with Crippen molar-refractivity contribution in [3.8, 4) is 0 Å². The third-order valence-corrected chi connectivity index (χ3v) is 4.97. The first kappa shape index (κ1) is 14.6. The molecule has 1 aromatic rings. The molecule has 0 saturated heterocycles. The van der Waals surface area contributed by atoms with Gasteiger partial charge in [-0.2, -0.15) is 0 Å². The molecule has 1 amide bonds. The molecule has 0 spiro atoms. The zero-order chi connectivity index (χ0) is 14.7. The maximum absolute atomic E-state index is 12.8. The van der Waals surface area contributed by atoms with Gasteiger partial charge in [-0.05, 0) is 30.7 Å². The number of hydrogen-bond acceptors (Lipinski definition) is 2. The SMILES string of the molecule is O=C(C1CC1c1ccccc1)N(CCO)C1CCCCC1. The van der Waals surface area contributed by atoms with Crippen molar-refractivity contribution in [2.24, 2.45) is 5.92 Å². The van der Waals surface area contributed by atoms with E-state index in [0.717, 1.165) is 19.3 Å². The number of hydrogen-bond donors (Lipinski definition) is 1. The van der Waals surface area contributed by atoms with Crippen LogP contribution >= 0.6 is 0 Å². The minimum Gasteiger partial charge on any atom is -0.395 e. The highest BCUT2D eigenvalue weighted by Gasteiger charge is 2.46. The molecule has 3 rings (SSSR count). The maximum atomic E-state index is 12.8. The van der Waals surface area contributed by atoms with Gasteiger partial charge in [0, 0.05) is 18.5 Å². The summed E-state index contributed by atoms with van der Waals surface area (Å²) in [5, 5.41) is 9.31. The zero-order valence-corrected chi connectivity index (χ0v) is 12.6. The van der Waals surface area contributed by atoms with Crippen LogP contribution in [-0.2, 0) is 4.79 Å². The van der Waals surface area contributed by atoms with Crippen LogP contribution in [0.2, 0.25) is 0 Å². The fourth-order valence-electron chi connectivity index (χ4n) is 3.72. The molecule has 114 valence electrons. The van der Waals surface area contributed by atoms with E-state index in [1.807, 2.05) is 23.1 Å². The lowest BCUT2D eigenvalue weighted by Gasteiger charge is -2.34. The van der Waals surface area contributed by atoms with Crippen molar-refractivity contribution in [3.05, 3.63) is 35.9 Å².